The highest BCUT2D eigenvalue weighted by molar-refractivity contribution is 5.81. The fourth-order valence-electron chi connectivity index (χ4n) is 3.21. The fourth-order valence-corrected chi connectivity index (χ4v) is 3.21. The zero-order valence-corrected chi connectivity index (χ0v) is 15.9. The van der Waals surface area contributed by atoms with Crippen LogP contribution >= 0.6 is 0 Å². The minimum absolute atomic E-state index is 0.0795. The molecule has 3 rings (SSSR count). The van der Waals surface area contributed by atoms with Crippen molar-refractivity contribution in [1.82, 2.24) is 10.3 Å². The van der Waals surface area contributed by atoms with Crippen molar-refractivity contribution in [1.29, 1.82) is 0 Å². The van der Waals surface area contributed by atoms with Crippen LogP contribution in [0.2, 0.25) is 0 Å². The molecule has 0 spiro atoms. The lowest BCUT2D eigenvalue weighted by Gasteiger charge is -2.14. The van der Waals surface area contributed by atoms with Crippen molar-refractivity contribution in [2.24, 2.45) is 0 Å². The lowest BCUT2D eigenvalue weighted by Crippen LogP contribution is -2.15. The number of hydrogen-bond donors (Lipinski definition) is 1. The zero-order valence-electron chi connectivity index (χ0n) is 15.9. The molecule has 0 bridgehead atoms. The predicted molar refractivity (Wildman–Crippen MR) is 106 cm³/mol. The fraction of sp³-hybridized carbons (Fsp3) is 0.273. The second kappa shape index (κ2) is 8.64. The van der Waals surface area contributed by atoms with Gasteiger partial charge in [-0.2, -0.15) is 0 Å². The molecule has 0 radical (unpaired) electrons. The minimum atomic E-state index is -0.386. The number of aromatic nitrogens is 1. The van der Waals surface area contributed by atoms with E-state index in [-0.39, 0.29) is 12.6 Å². The first-order chi connectivity index (χ1) is 13.1. The minimum Gasteiger partial charge on any atom is -0.481 e. The van der Waals surface area contributed by atoms with Gasteiger partial charge in [0.05, 0.1) is 12.6 Å². The van der Waals surface area contributed by atoms with Crippen LogP contribution in [0.5, 0.6) is 5.75 Å². The molecule has 5 heteroatoms. The number of carbonyl (C=O) groups excluding carboxylic acids is 1. The molecule has 27 heavy (non-hydrogen) atoms. The Balaban J connectivity index is 1.65. The molecule has 3 aromatic rings. The van der Waals surface area contributed by atoms with Gasteiger partial charge in [0.15, 0.2) is 6.61 Å². The zero-order chi connectivity index (χ0) is 19.2. The van der Waals surface area contributed by atoms with Crippen molar-refractivity contribution < 1.29 is 14.3 Å². The molecule has 0 aliphatic rings. The number of pyridine rings is 1. The number of fused-ring (bicyclic) bond motifs is 1. The third-order valence-corrected chi connectivity index (χ3v) is 4.44. The summed E-state index contributed by atoms with van der Waals surface area (Å²) in [6.45, 7) is 5.37. The molecule has 140 valence electrons. The number of ether oxygens (including phenoxy) is 2. The molecule has 0 aliphatic carbocycles. The number of methoxy groups -OCH3 is 1. The van der Waals surface area contributed by atoms with Gasteiger partial charge in [-0.15, -0.1) is 0 Å². The molecule has 1 aromatic heterocycles. The third kappa shape index (κ3) is 4.63. The molecule has 1 N–H and O–H groups in total. The van der Waals surface area contributed by atoms with Crippen LogP contribution in [-0.4, -0.2) is 24.7 Å². The molecule has 0 saturated carbocycles. The highest BCUT2D eigenvalue weighted by atomic mass is 16.6. The first-order valence-corrected chi connectivity index (χ1v) is 8.91. The highest BCUT2D eigenvalue weighted by Crippen LogP contribution is 2.25. The van der Waals surface area contributed by atoms with Gasteiger partial charge in [-0.05, 0) is 42.2 Å². The second-order valence-corrected chi connectivity index (χ2v) is 6.52. The first-order valence-electron chi connectivity index (χ1n) is 8.91. The summed E-state index contributed by atoms with van der Waals surface area (Å²) in [7, 11) is 1.35. The second-order valence-electron chi connectivity index (χ2n) is 6.52. The number of nitrogens with zero attached hydrogens (tertiary/aromatic N) is 1. The molecule has 0 aliphatic heterocycles. The molecule has 2 aromatic carbocycles. The van der Waals surface area contributed by atoms with Gasteiger partial charge in [-0.25, -0.2) is 4.79 Å². The molecular formula is C22H24N2O3. The van der Waals surface area contributed by atoms with Gasteiger partial charge in [0.2, 0.25) is 0 Å². The molecule has 0 amide bonds. The van der Waals surface area contributed by atoms with Gasteiger partial charge >= 0.3 is 5.97 Å². The maximum Gasteiger partial charge on any atom is 0.343 e. The van der Waals surface area contributed by atoms with Gasteiger partial charge in [-0.1, -0.05) is 36.4 Å². The van der Waals surface area contributed by atoms with E-state index in [1.807, 2.05) is 26.1 Å². The van der Waals surface area contributed by atoms with Crippen molar-refractivity contribution >= 4 is 16.9 Å². The van der Waals surface area contributed by atoms with Crippen LogP contribution in [0.3, 0.4) is 0 Å². The van der Waals surface area contributed by atoms with Gasteiger partial charge in [0.1, 0.15) is 5.75 Å². The lowest BCUT2D eigenvalue weighted by molar-refractivity contribution is -0.142. The first kappa shape index (κ1) is 18.9. The number of aryl methyl sites for hydroxylation is 2. The molecule has 5 nitrogen and oxygen atoms in total. The number of carbonyl (C=O) groups is 1. The Kier molecular flexibility index (Phi) is 6.04. The molecule has 0 atom stereocenters. The van der Waals surface area contributed by atoms with Crippen LogP contribution in [-0.2, 0) is 22.6 Å². The summed E-state index contributed by atoms with van der Waals surface area (Å²) in [5.41, 5.74) is 5.39. The predicted octanol–water partition coefficient (Wildman–Crippen LogP) is 3.69. The summed E-state index contributed by atoms with van der Waals surface area (Å²) in [4.78, 5) is 15.8. The van der Waals surface area contributed by atoms with E-state index in [0.29, 0.717) is 0 Å². The van der Waals surface area contributed by atoms with E-state index in [1.54, 1.807) is 0 Å². The average molecular weight is 364 g/mol. The summed E-state index contributed by atoms with van der Waals surface area (Å²) in [5, 5.41) is 4.64. The molecule has 0 fully saturated rings. The largest absolute Gasteiger partial charge is 0.481 e. The van der Waals surface area contributed by atoms with Gasteiger partial charge < -0.3 is 14.8 Å². The van der Waals surface area contributed by atoms with E-state index in [2.05, 4.69) is 51.4 Å². The summed E-state index contributed by atoms with van der Waals surface area (Å²) in [6.07, 6.45) is 1.83. The van der Waals surface area contributed by atoms with Gasteiger partial charge in [-0.3, -0.25) is 4.98 Å². The molecule has 0 saturated heterocycles. The van der Waals surface area contributed by atoms with Crippen molar-refractivity contribution in [2.45, 2.75) is 26.9 Å². The SMILES string of the molecule is COC(=O)COc1c(C)cc(CNCc2cccc3cccnc23)cc1C. The number of esters is 1. The molecular weight excluding hydrogens is 340 g/mol. The van der Waals surface area contributed by atoms with Crippen molar-refractivity contribution in [3.63, 3.8) is 0 Å². The van der Waals surface area contributed by atoms with E-state index in [9.17, 15) is 4.79 Å². The van der Waals surface area contributed by atoms with E-state index in [0.717, 1.165) is 40.9 Å². The molecule has 1 heterocycles. The summed E-state index contributed by atoms with van der Waals surface area (Å²) >= 11 is 0. The third-order valence-electron chi connectivity index (χ3n) is 4.44. The van der Waals surface area contributed by atoms with E-state index in [4.69, 9.17) is 4.74 Å². The average Bonchev–Trinajstić information content (AvgIpc) is 2.67. The quantitative estimate of drug-likeness (QED) is 0.648. The van der Waals surface area contributed by atoms with Crippen molar-refractivity contribution in [3.05, 3.63) is 70.9 Å². The maximum atomic E-state index is 11.3. The topological polar surface area (TPSA) is 60.5 Å². The van der Waals surface area contributed by atoms with Gasteiger partial charge in [0.25, 0.3) is 0 Å². The number of rotatable bonds is 7. The monoisotopic (exact) mass is 364 g/mol. The Labute approximate surface area is 159 Å². The van der Waals surface area contributed by atoms with E-state index >= 15 is 0 Å². The Hall–Kier alpha value is -2.92. The van der Waals surface area contributed by atoms with Gasteiger partial charge in [0, 0.05) is 24.7 Å². The van der Waals surface area contributed by atoms with Crippen molar-refractivity contribution in [3.8, 4) is 5.75 Å². The molecule has 0 unspecified atom stereocenters. The lowest BCUT2D eigenvalue weighted by atomic mass is 10.1. The Morgan fingerprint density at radius 3 is 2.56 bits per heavy atom. The van der Waals surface area contributed by atoms with Crippen LogP contribution in [0.25, 0.3) is 10.9 Å². The summed E-state index contributed by atoms with van der Waals surface area (Å²) in [6, 6.07) is 14.4. The van der Waals surface area contributed by atoms with E-state index < -0.39 is 0 Å². The van der Waals surface area contributed by atoms with Crippen LogP contribution in [0.15, 0.2) is 48.7 Å². The number of para-hydroxylation sites is 1. The number of benzene rings is 2. The maximum absolute atomic E-state index is 11.3. The van der Waals surface area contributed by atoms with Crippen molar-refractivity contribution in [2.75, 3.05) is 13.7 Å². The van der Waals surface area contributed by atoms with Crippen LogP contribution in [0.4, 0.5) is 0 Å². The smallest absolute Gasteiger partial charge is 0.343 e. The highest BCUT2D eigenvalue weighted by Gasteiger charge is 2.09. The number of nitrogens with one attached hydrogen (secondary N) is 1. The normalized spacial score (nSPS) is 10.8. The van der Waals surface area contributed by atoms with Crippen LogP contribution in [0.1, 0.15) is 22.3 Å². The Morgan fingerprint density at radius 1 is 1.07 bits per heavy atom. The standard InChI is InChI=1S/C22H24N2O3/c1-15-10-17(11-16(2)22(15)27-14-20(25)26-3)12-23-13-19-7-4-6-18-8-5-9-24-21(18)19/h4-11,23H,12-14H2,1-3H3. The Bertz CT molecular complexity index is 925. The summed E-state index contributed by atoms with van der Waals surface area (Å²) in [5.74, 6) is 0.352. The van der Waals surface area contributed by atoms with Crippen LogP contribution in [0, 0.1) is 13.8 Å². The Morgan fingerprint density at radius 2 is 1.81 bits per heavy atom. The van der Waals surface area contributed by atoms with Crippen LogP contribution < -0.4 is 10.1 Å². The summed E-state index contributed by atoms with van der Waals surface area (Å²) < 4.78 is 10.2. The van der Waals surface area contributed by atoms with E-state index in [1.165, 1.54) is 18.2 Å². The number of hydrogen-bond acceptors (Lipinski definition) is 5.